The molecule has 4 rings (SSSR count). The van der Waals surface area contributed by atoms with E-state index in [0.29, 0.717) is 17.7 Å². The largest absolute Gasteiger partial charge is 0.337 e. The summed E-state index contributed by atoms with van der Waals surface area (Å²) in [5.74, 6) is 0.445. The molecule has 0 bridgehead atoms. The topological polar surface area (TPSA) is 63.1 Å². The van der Waals surface area contributed by atoms with E-state index in [-0.39, 0.29) is 5.91 Å². The number of nitrogens with zero attached hydrogens (tertiary/aromatic N) is 4. The number of nitrogens with one attached hydrogen (secondary N) is 1. The summed E-state index contributed by atoms with van der Waals surface area (Å²) in [7, 11) is 0. The average Bonchev–Trinajstić information content (AvgIpc) is 3.30. The highest BCUT2D eigenvalue weighted by atomic mass is 16.2. The second-order valence-corrected chi connectivity index (χ2v) is 7.10. The molecular formula is C19H25N5O. The van der Waals surface area contributed by atoms with Gasteiger partial charge >= 0.3 is 0 Å². The lowest BCUT2D eigenvalue weighted by molar-refractivity contribution is 0.0784. The van der Waals surface area contributed by atoms with Crippen molar-refractivity contribution < 1.29 is 4.79 Å². The molecule has 2 aromatic rings. The molecule has 1 unspecified atom stereocenters. The third kappa shape index (κ3) is 3.18. The van der Waals surface area contributed by atoms with Crippen molar-refractivity contribution in [2.24, 2.45) is 0 Å². The molecule has 0 saturated carbocycles. The number of hydrogen-bond donors (Lipinski definition) is 1. The predicted molar refractivity (Wildman–Crippen MR) is 95.6 cm³/mol. The minimum absolute atomic E-state index is 0.0242. The quantitative estimate of drug-likeness (QED) is 0.931. The Bertz CT molecular complexity index is 736. The second kappa shape index (κ2) is 6.96. The Hall–Kier alpha value is -2.21. The lowest BCUT2D eigenvalue weighted by atomic mass is 9.99. The summed E-state index contributed by atoms with van der Waals surface area (Å²) in [4.78, 5) is 14.9. The summed E-state index contributed by atoms with van der Waals surface area (Å²) in [5, 5.41) is 11.9. The molecule has 1 aromatic heterocycles. The molecule has 2 fully saturated rings. The van der Waals surface area contributed by atoms with Gasteiger partial charge in [-0.3, -0.25) is 4.79 Å². The molecule has 3 heterocycles. The molecule has 0 radical (unpaired) electrons. The summed E-state index contributed by atoms with van der Waals surface area (Å²) in [6, 6.07) is 10.8. The lowest BCUT2D eigenvalue weighted by Gasteiger charge is -2.23. The van der Waals surface area contributed by atoms with E-state index in [0.717, 1.165) is 51.1 Å². The molecule has 0 aliphatic carbocycles. The number of benzene rings is 1. The molecule has 25 heavy (non-hydrogen) atoms. The zero-order valence-electron chi connectivity index (χ0n) is 14.7. The normalized spacial score (nSPS) is 21.6. The van der Waals surface area contributed by atoms with Gasteiger partial charge in [0.2, 0.25) is 0 Å². The fourth-order valence-electron chi connectivity index (χ4n) is 4.03. The molecule has 132 valence electrons. The summed E-state index contributed by atoms with van der Waals surface area (Å²) < 4.78 is 1.96. The highest BCUT2D eigenvalue weighted by Crippen LogP contribution is 2.28. The van der Waals surface area contributed by atoms with E-state index in [1.54, 1.807) is 0 Å². The van der Waals surface area contributed by atoms with E-state index < -0.39 is 0 Å². The van der Waals surface area contributed by atoms with Crippen molar-refractivity contribution in [3.8, 4) is 0 Å². The number of aromatic nitrogens is 3. The van der Waals surface area contributed by atoms with Crippen molar-refractivity contribution in [1.82, 2.24) is 25.2 Å². The Kier molecular flexibility index (Phi) is 4.53. The molecular weight excluding hydrogens is 314 g/mol. The first-order chi connectivity index (χ1) is 12.2. The first-order valence-corrected chi connectivity index (χ1v) is 9.21. The highest BCUT2D eigenvalue weighted by molar-refractivity contribution is 5.93. The number of carbonyl (C=O) groups is 1. The molecule has 0 spiro atoms. The average molecular weight is 339 g/mol. The summed E-state index contributed by atoms with van der Waals surface area (Å²) in [6.45, 7) is 5.52. The van der Waals surface area contributed by atoms with E-state index in [9.17, 15) is 4.79 Å². The van der Waals surface area contributed by atoms with Crippen molar-refractivity contribution >= 4 is 5.91 Å². The smallest absolute Gasteiger partial charge is 0.276 e. The van der Waals surface area contributed by atoms with E-state index in [1.807, 2.05) is 22.6 Å². The number of piperidine rings is 1. The van der Waals surface area contributed by atoms with Crippen molar-refractivity contribution in [3.05, 3.63) is 47.3 Å². The number of likely N-dealkylation sites (tertiary alicyclic amines) is 1. The summed E-state index contributed by atoms with van der Waals surface area (Å²) >= 11 is 0. The molecule has 6 heteroatoms. The Morgan fingerprint density at radius 3 is 2.68 bits per heavy atom. The van der Waals surface area contributed by atoms with Crippen LogP contribution in [0.25, 0.3) is 0 Å². The maximum absolute atomic E-state index is 12.9. The maximum atomic E-state index is 12.9. The van der Waals surface area contributed by atoms with Gasteiger partial charge in [0.05, 0.1) is 11.7 Å². The van der Waals surface area contributed by atoms with E-state index in [2.05, 4.69) is 39.9 Å². The molecule has 1 amide bonds. The minimum Gasteiger partial charge on any atom is -0.337 e. The molecule has 6 nitrogen and oxygen atoms in total. The van der Waals surface area contributed by atoms with Crippen molar-refractivity contribution in [2.75, 3.05) is 26.2 Å². The Morgan fingerprint density at radius 1 is 1.16 bits per heavy atom. The van der Waals surface area contributed by atoms with Crippen molar-refractivity contribution in [3.63, 3.8) is 0 Å². The summed E-state index contributed by atoms with van der Waals surface area (Å²) in [5.41, 5.74) is 2.74. The van der Waals surface area contributed by atoms with E-state index in [1.165, 1.54) is 5.56 Å². The third-order valence-corrected chi connectivity index (χ3v) is 5.53. The van der Waals surface area contributed by atoms with Gasteiger partial charge < -0.3 is 10.2 Å². The van der Waals surface area contributed by atoms with E-state index >= 15 is 0 Å². The molecule has 2 aliphatic rings. The van der Waals surface area contributed by atoms with Crippen LogP contribution < -0.4 is 5.32 Å². The fourth-order valence-corrected chi connectivity index (χ4v) is 4.03. The van der Waals surface area contributed by atoms with Crippen molar-refractivity contribution in [1.29, 1.82) is 0 Å². The van der Waals surface area contributed by atoms with Gasteiger partial charge in [0.25, 0.3) is 5.91 Å². The predicted octanol–water partition coefficient (Wildman–Crippen LogP) is 2.14. The number of rotatable bonds is 3. The fraction of sp³-hybridized carbons (Fsp3) is 0.526. The lowest BCUT2D eigenvalue weighted by Crippen LogP contribution is -2.31. The first kappa shape index (κ1) is 16.3. The first-order valence-electron chi connectivity index (χ1n) is 9.21. The standard InChI is InChI=1S/C19H25N5O/c1-14-18(21-22-24(14)17-7-10-20-11-8-17)19(25)23-12-9-16(13-23)15-5-3-2-4-6-15/h2-6,16-17,20H,7-13H2,1H3. The Labute approximate surface area is 148 Å². The maximum Gasteiger partial charge on any atom is 0.276 e. The molecule has 1 atom stereocenters. The van der Waals surface area contributed by atoms with Crippen LogP contribution in [0.1, 0.15) is 53.0 Å². The van der Waals surface area contributed by atoms with Gasteiger partial charge in [-0.1, -0.05) is 35.5 Å². The van der Waals surface area contributed by atoms with Gasteiger partial charge in [-0.25, -0.2) is 4.68 Å². The number of amides is 1. The molecule has 1 aromatic carbocycles. The van der Waals surface area contributed by atoms with Crippen LogP contribution in [-0.4, -0.2) is 52.0 Å². The SMILES string of the molecule is Cc1c(C(=O)N2CCC(c3ccccc3)C2)nnn1C1CCNCC1. The van der Waals surface area contributed by atoms with Gasteiger partial charge in [-0.2, -0.15) is 0 Å². The van der Waals surface area contributed by atoms with Crippen LogP contribution in [0.15, 0.2) is 30.3 Å². The van der Waals surface area contributed by atoms with Crippen LogP contribution in [0, 0.1) is 6.92 Å². The van der Waals surface area contributed by atoms with Gasteiger partial charge in [0.15, 0.2) is 5.69 Å². The Morgan fingerprint density at radius 2 is 1.92 bits per heavy atom. The minimum atomic E-state index is 0.0242. The van der Waals surface area contributed by atoms with Crippen LogP contribution >= 0.6 is 0 Å². The van der Waals surface area contributed by atoms with Gasteiger partial charge in [-0.05, 0) is 44.8 Å². The third-order valence-electron chi connectivity index (χ3n) is 5.53. The number of carbonyl (C=O) groups excluding carboxylic acids is 1. The Balaban J connectivity index is 1.47. The van der Waals surface area contributed by atoms with Gasteiger partial charge in [-0.15, -0.1) is 5.10 Å². The van der Waals surface area contributed by atoms with Crippen LogP contribution in [0.4, 0.5) is 0 Å². The van der Waals surface area contributed by atoms with Gasteiger partial charge in [0.1, 0.15) is 0 Å². The zero-order chi connectivity index (χ0) is 17.2. The molecule has 2 saturated heterocycles. The zero-order valence-corrected chi connectivity index (χ0v) is 14.7. The molecule has 1 N–H and O–H groups in total. The molecule has 2 aliphatic heterocycles. The van der Waals surface area contributed by atoms with Crippen LogP contribution in [0.3, 0.4) is 0 Å². The summed E-state index contributed by atoms with van der Waals surface area (Å²) in [6.07, 6.45) is 3.09. The van der Waals surface area contributed by atoms with Gasteiger partial charge in [0, 0.05) is 19.0 Å². The number of hydrogen-bond acceptors (Lipinski definition) is 4. The van der Waals surface area contributed by atoms with E-state index in [4.69, 9.17) is 0 Å². The van der Waals surface area contributed by atoms with Crippen LogP contribution in [-0.2, 0) is 0 Å². The van der Waals surface area contributed by atoms with Crippen LogP contribution in [0.5, 0.6) is 0 Å². The van der Waals surface area contributed by atoms with Crippen LogP contribution in [0.2, 0.25) is 0 Å². The second-order valence-electron chi connectivity index (χ2n) is 7.10. The van der Waals surface area contributed by atoms with Crippen molar-refractivity contribution in [2.45, 2.75) is 38.1 Å². The monoisotopic (exact) mass is 339 g/mol. The highest BCUT2D eigenvalue weighted by Gasteiger charge is 2.31.